The van der Waals surface area contributed by atoms with Crippen LogP contribution in [-0.4, -0.2) is 20.1 Å². The van der Waals surface area contributed by atoms with Crippen molar-refractivity contribution in [3.63, 3.8) is 0 Å². The third kappa shape index (κ3) is 3.22. The zero-order valence-electron chi connectivity index (χ0n) is 10.7. The SMILES string of the molecule is Cc1cccc(B(OCCN)c2ccccc2)c1. The molecule has 0 radical (unpaired) electrons. The van der Waals surface area contributed by atoms with Gasteiger partial charge in [-0.05, 0) is 17.8 Å². The summed E-state index contributed by atoms with van der Waals surface area (Å²) in [5, 5.41) is 0. The van der Waals surface area contributed by atoms with Crippen LogP contribution in [0, 0.1) is 6.92 Å². The molecule has 92 valence electrons. The first-order valence-corrected chi connectivity index (χ1v) is 6.24. The lowest BCUT2D eigenvalue weighted by Gasteiger charge is -2.15. The van der Waals surface area contributed by atoms with Crippen LogP contribution in [0.3, 0.4) is 0 Å². The van der Waals surface area contributed by atoms with Gasteiger partial charge in [-0.1, -0.05) is 60.2 Å². The summed E-state index contributed by atoms with van der Waals surface area (Å²) < 4.78 is 5.89. The summed E-state index contributed by atoms with van der Waals surface area (Å²) in [5.41, 5.74) is 9.12. The van der Waals surface area contributed by atoms with Gasteiger partial charge in [-0.25, -0.2) is 0 Å². The van der Waals surface area contributed by atoms with E-state index in [4.69, 9.17) is 10.4 Å². The Morgan fingerprint density at radius 3 is 2.39 bits per heavy atom. The zero-order chi connectivity index (χ0) is 12.8. The molecule has 0 bridgehead atoms. The molecule has 2 aromatic carbocycles. The lowest BCUT2D eigenvalue weighted by atomic mass is 9.55. The van der Waals surface area contributed by atoms with Crippen molar-refractivity contribution < 1.29 is 4.65 Å². The van der Waals surface area contributed by atoms with Crippen molar-refractivity contribution in [2.45, 2.75) is 6.92 Å². The first-order chi connectivity index (χ1) is 8.81. The van der Waals surface area contributed by atoms with Crippen molar-refractivity contribution in [1.82, 2.24) is 0 Å². The Morgan fingerprint density at radius 1 is 1.00 bits per heavy atom. The summed E-state index contributed by atoms with van der Waals surface area (Å²) >= 11 is 0. The van der Waals surface area contributed by atoms with E-state index in [0.717, 1.165) is 5.46 Å². The molecule has 0 unspecified atom stereocenters. The van der Waals surface area contributed by atoms with Crippen LogP contribution in [0.2, 0.25) is 0 Å². The van der Waals surface area contributed by atoms with E-state index < -0.39 is 0 Å². The molecule has 2 rings (SSSR count). The molecule has 0 aliphatic heterocycles. The van der Waals surface area contributed by atoms with Gasteiger partial charge in [0.05, 0.1) is 0 Å². The van der Waals surface area contributed by atoms with Crippen LogP contribution in [0.4, 0.5) is 0 Å². The van der Waals surface area contributed by atoms with Crippen molar-refractivity contribution in [3.8, 4) is 0 Å². The van der Waals surface area contributed by atoms with Crippen molar-refractivity contribution in [3.05, 3.63) is 60.2 Å². The number of rotatable bonds is 5. The molecule has 2 N–H and O–H groups in total. The van der Waals surface area contributed by atoms with Gasteiger partial charge in [0.15, 0.2) is 0 Å². The highest BCUT2D eigenvalue weighted by Gasteiger charge is 2.20. The molecular formula is C15H18BNO. The molecule has 0 amide bonds. The molecule has 3 heteroatoms. The Balaban J connectivity index is 2.31. The van der Waals surface area contributed by atoms with Crippen LogP contribution in [0.1, 0.15) is 5.56 Å². The number of nitrogens with two attached hydrogens (primary N) is 1. The van der Waals surface area contributed by atoms with Crippen LogP contribution < -0.4 is 16.7 Å². The summed E-state index contributed by atoms with van der Waals surface area (Å²) in [6, 6.07) is 18.7. The first kappa shape index (κ1) is 12.9. The Labute approximate surface area is 109 Å². The van der Waals surface area contributed by atoms with Crippen LogP contribution in [0.5, 0.6) is 0 Å². The van der Waals surface area contributed by atoms with Crippen LogP contribution in [0.25, 0.3) is 0 Å². The molecule has 2 nitrogen and oxygen atoms in total. The minimum atomic E-state index is -0.0327. The second kappa shape index (κ2) is 6.38. The van der Waals surface area contributed by atoms with Gasteiger partial charge in [0.2, 0.25) is 0 Å². The third-order valence-electron chi connectivity index (χ3n) is 2.85. The average molecular weight is 239 g/mol. The summed E-state index contributed by atoms with van der Waals surface area (Å²) in [6.07, 6.45) is 0. The topological polar surface area (TPSA) is 35.2 Å². The van der Waals surface area contributed by atoms with Gasteiger partial charge >= 0.3 is 6.92 Å². The smallest absolute Gasteiger partial charge is 0.361 e. The highest BCUT2D eigenvalue weighted by molar-refractivity contribution is 6.80. The number of benzene rings is 2. The quantitative estimate of drug-likeness (QED) is 0.792. The maximum atomic E-state index is 5.89. The molecule has 0 saturated heterocycles. The lowest BCUT2D eigenvalue weighted by Crippen LogP contribution is -2.45. The molecule has 0 spiro atoms. The first-order valence-electron chi connectivity index (χ1n) is 6.24. The molecule has 0 aromatic heterocycles. The minimum absolute atomic E-state index is 0.0327. The van der Waals surface area contributed by atoms with E-state index in [9.17, 15) is 0 Å². The normalized spacial score (nSPS) is 10.3. The fourth-order valence-electron chi connectivity index (χ4n) is 2.03. The highest BCUT2D eigenvalue weighted by atomic mass is 16.4. The van der Waals surface area contributed by atoms with Gasteiger partial charge in [0, 0.05) is 13.2 Å². The molecule has 0 aliphatic rings. The second-order valence-electron chi connectivity index (χ2n) is 4.36. The predicted octanol–water partition coefficient (Wildman–Crippen LogP) is 1.08. The fraction of sp³-hybridized carbons (Fsp3) is 0.200. The van der Waals surface area contributed by atoms with Gasteiger partial charge < -0.3 is 10.4 Å². The number of hydrogen-bond donors (Lipinski definition) is 1. The van der Waals surface area contributed by atoms with E-state index in [0.29, 0.717) is 13.2 Å². The molecule has 18 heavy (non-hydrogen) atoms. The Kier molecular flexibility index (Phi) is 4.56. The maximum Gasteiger partial charge on any atom is 0.361 e. The summed E-state index contributed by atoms with van der Waals surface area (Å²) in [5.74, 6) is 0. The zero-order valence-corrected chi connectivity index (χ0v) is 10.7. The van der Waals surface area contributed by atoms with E-state index in [2.05, 4.69) is 43.3 Å². The minimum Gasteiger partial charge on any atom is -0.426 e. The summed E-state index contributed by atoms with van der Waals surface area (Å²) in [4.78, 5) is 0. The van der Waals surface area contributed by atoms with E-state index in [1.807, 2.05) is 18.2 Å². The molecule has 0 fully saturated rings. The van der Waals surface area contributed by atoms with Crippen LogP contribution >= 0.6 is 0 Å². The van der Waals surface area contributed by atoms with Gasteiger partial charge in [-0.15, -0.1) is 0 Å². The Hall–Kier alpha value is -1.58. The number of aryl methyl sites for hydroxylation is 1. The lowest BCUT2D eigenvalue weighted by molar-refractivity contribution is 0.344. The van der Waals surface area contributed by atoms with Gasteiger partial charge in [0.1, 0.15) is 0 Å². The summed E-state index contributed by atoms with van der Waals surface area (Å²) in [7, 11) is 0. The summed E-state index contributed by atoms with van der Waals surface area (Å²) in [6.45, 7) is 3.16. The van der Waals surface area contributed by atoms with E-state index >= 15 is 0 Å². The maximum absolute atomic E-state index is 5.89. The molecule has 0 aliphatic carbocycles. The van der Waals surface area contributed by atoms with Crippen LogP contribution in [0.15, 0.2) is 54.6 Å². The highest BCUT2D eigenvalue weighted by Crippen LogP contribution is 1.98. The average Bonchev–Trinajstić information content (AvgIpc) is 2.40. The molecule has 0 heterocycles. The van der Waals surface area contributed by atoms with Crippen molar-refractivity contribution in [1.29, 1.82) is 0 Å². The van der Waals surface area contributed by atoms with E-state index in [1.54, 1.807) is 0 Å². The van der Waals surface area contributed by atoms with Crippen molar-refractivity contribution in [2.24, 2.45) is 5.73 Å². The predicted molar refractivity (Wildman–Crippen MR) is 77.6 cm³/mol. The third-order valence-corrected chi connectivity index (χ3v) is 2.85. The van der Waals surface area contributed by atoms with Gasteiger partial charge in [0.25, 0.3) is 0 Å². The monoisotopic (exact) mass is 239 g/mol. The Bertz CT molecular complexity index is 487. The standard InChI is InChI=1S/C15H18BNO/c1-13-6-5-9-15(12-13)16(18-11-10-17)14-7-3-2-4-8-14/h2-9,12H,10-11,17H2,1H3. The van der Waals surface area contributed by atoms with Crippen molar-refractivity contribution >= 4 is 17.8 Å². The molecule has 0 saturated carbocycles. The van der Waals surface area contributed by atoms with Gasteiger partial charge in [-0.3, -0.25) is 0 Å². The van der Waals surface area contributed by atoms with E-state index in [1.165, 1.54) is 11.0 Å². The fourth-order valence-corrected chi connectivity index (χ4v) is 2.03. The van der Waals surface area contributed by atoms with Gasteiger partial charge in [-0.2, -0.15) is 0 Å². The molecular weight excluding hydrogens is 221 g/mol. The van der Waals surface area contributed by atoms with Crippen LogP contribution in [-0.2, 0) is 4.65 Å². The van der Waals surface area contributed by atoms with Crippen molar-refractivity contribution in [2.75, 3.05) is 13.2 Å². The second-order valence-corrected chi connectivity index (χ2v) is 4.36. The number of hydrogen-bond acceptors (Lipinski definition) is 2. The molecule has 0 atom stereocenters. The Morgan fingerprint density at radius 2 is 1.72 bits per heavy atom. The largest absolute Gasteiger partial charge is 0.426 e. The molecule has 2 aromatic rings. The van der Waals surface area contributed by atoms with E-state index in [-0.39, 0.29) is 6.92 Å².